The van der Waals surface area contributed by atoms with E-state index in [1.54, 1.807) is 0 Å². The molecule has 0 aromatic heterocycles. The first-order valence-corrected chi connectivity index (χ1v) is 4.07. The highest BCUT2D eigenvalue weighted by atomic mass is 32.2. The van der Waals surface area contributed by atoms with Crippen LogP contribution in [0.15, 0.2) is 12.2 Å². The topological polar surface area (TPSA) is 26.3 Å². The molecule has 0 radical (unpaired) electrons. The van der Waals surface area contributed by atoms with Gasteiger partial charge < -0.3 is 0 Å². The van der Waals surface area contributed by atoms with Crippen LogP contribution in [0.3, 0.4) is 0 Å². The van der Waals surface area contributed by atoms with Gasteiger partial charge in [0.15, 0.2) is 11.1 Å². The average Bonchev–Trinajstić information content (AvgIpc) is 1.63. The second-order valence-corrected chi connectivity index (χ2v) is 2.94. The molecule has 2 nitrogen and oxygen atoms in total. The number of hydrogen-bond acceptors (Lipinski definition) is 2. The van der Waals surface area contributed by atoms with Crippen molar-refractivity contribution in [3.63, 3.8) is 0 Å². The van der Waals surface area contributed by atoms with Gasteiger partial charge in [0.1, 0.15) is 0 Å². The van der Waals surface area contributed by atoms with Crippen molar-refractivity contribution in [3.8, 4) is 0 Å². The van der Waals surface area contributed by atoms with E-state index in [0.717, 1.165) is 5.57 Å². The quantitative estimate of drug-likeness (QED) is 0.561. The molecular formula is C6H12O2S. The van der Waals surface area contributed by atoms with Crippen LogP contribution in [0.5, 0.6) is 0 Å². The van der Waals surface area contributed by atoms with Crippen LogP contribution in [0.1, 0.15) is 13.8 Å². The van der Waals surface area contributed by atoms with Crippen LogP contribution in [-0.4, -0.2) is 16.6 Å². The Bertz CT molecular complexity index is 120. The van der Waals surface area contributed by atoms with E-state index < -0.39 is 11.1 Å². The third-order valence-corrected chi connectivity index (χ3v) is 1.84. The minimum Gasteiger partial charge on any atom is -0.291 e. The van der Waals surface area contributed by atoms with Gasteiger partial charge in [-0.3, -0.25) is 4.18 Å². The lowest BCUT2D eigenvalue weighted by molar-refractivity contribution is 0.373. The number of hydrogen-bond donors (Lipinski definition) is 0. The van der Waals surface area contributed by atoms with Crippen LogP contribution in [0.25, 0.3) is 0 Å². The smallest absolute Gasteiger partial charge is 0.159 e. The lowest BCUT2D eigenvalue weighted by atomic mass is 10.4. The third kappa shape index (κ3) is 5.73. The van der Waals surface area contributed by atoms with Gasteiger partial charge in [-0.2, -0.15) is 0 Å². The molecule has 0 rings (SSSR count). The predicted octanol–water partition coefficient (Wildman–Crippen LogP) is 1.26. The summed E-state index contributed by atoms with van der Waals surface area (Å²) in [7, 11) is 0. The Morgan fingerprint density at radius 1 is 1.78 bits per heavy atom. The summed E-state index contributed by atoms with van der Waals surface area (Å²) in [6, 6.07) is 0. The molecule has 0 saturated heterocycles. The van der Waals surface area contributed by atoms with E-state index in [4.69, 9.17) is 4.18 Å². The molecule has 3 heteroatoms. The largest absolute Gasteiger partial charge is 0.291 e. The first-order valence-electron chi connectivity index (χ1n) is 2.82. The molecule has 0 aliphatic carbocycles. The maximum Gasteiger partial charge on any atom is 0.159 e. The Kier molecular flexibility index (Phi) is 4.62. The fraction of sp³-hybridized carbons (Fsp3) is 0.667. The molecule has 0 aromatic carbocycles. The van der Waals surface area contributed by atoms with E-state index in [1.807, 2.05) is 13.8 Å². The summed E-state index contributed by atoms with van der Waals surface area (Å²) < 4.78 is 15.4. The summed E-state index contributed by atoms with van der Waals surface area (Å²) in [5.41, 5.74) is 0.891. The van der Waals surface area contributed by atoms with Gasteiger partial charge >= 0.3 is 0 Å². The van der Waals surface area contributed by atoms with E-state index in [1.165, 1.54) is 0 Å². The molecule has 0 bridgehead atoms. The second kappa shape index (κ2) is 4.70. The highest BCUT2D eigenvalue weighted by Crippen LogP contribution is 1.93. The Balaban J connectivity index is 3.39. The van der Waals surface area contributed by atoms with Gasteiger partial charge in [0.25, 0.3) is 0 Å². The van der Waals surface area contributed by atoms with Gasteiger partial charge in [-0.15, -0.1) is 0 Å². The molecule has 1 unspecified atom stereocenters. The monoisotopic (exact) mass is 148 g/mol. The van der Waals surface area contributed by atoms with Crippen molar-refractivity contribution in [1.29, 1.82) is 0 Å². The molecule has 0 spiro atoms. The summed E-state index contributed by atoms with van der Waals surface area (Å²) >= 11 is -1.15. The minimum absolute atomic E-state index is 0.452. The van der Waals surface area contributed by atoms with E-state index in [0.29, 0.717) is 12.4 Å². The minimum atomic E-state index is -1.15. The molecule has 0 fully saturated rings. The van der Waals surface area contributed by atoms with Gasteiger partial charge in [-0.25, -0.2) is 4.21 Å². The van der Waals surface area contributed by atoms with E-state index in [2.05, 4.69) is 6.58 Å². The van der Waals surface area contributed by atoms with Crippen molar-refractivity contribution in [2.24, 2.45) is 0 Å². The maximum atomic E-state index is 10.7. The molecule has 54 valence electrons. The summed E-state index contributed by atoms with van der Waals surface area (Å²) in [4.78, 5) is 0. The highest BCUT2D eigenvalue weighted by Gasteiger charge is 1.96. The van der Waals surface area contributed by atoms with Crippen molar-refractivity contribution < 1.29 is 8.39 Å². The molecule has 0 aliphatic heterocycles. The fourth-order valence-electron chi connectivity index (χ4n) is 0.374. The van der Waals surface area contributed by atoms with Crippen molar-refractivity contribution >= 4 is 11.1 Å². The van der Waals surface area contributed by atoms with E-state index >= 15 is 0 Å². The number of rotatable bonds is 4. The average molecular weight is 148 g/mol. The zero-order chi connectivity index (χ0) is 7.28. The van der Waals surface area contributed by atoms with Gasteiger partial charge in [0.2, 0.25) is 0 Å². The normalized spacial score (nSPS) is 13.1. The van der Waals surface area contributed by atoms with Gasteiger partial charge in [0, 0.05) is 0 Å². The van der Waals surface area contributed by atoms with Crippen LogP contribution >= 0.6 is 0 Å². The van der Waals surface area contributed by atoms with Crippen LogP contribution in [0.2, 0.25) is 0 Å². The highest BCUT2D eigenvalue weighted by molar-refractivity contribution is 7.80. The molecule has 0 N–H and O–H groups in total. The molecule has 9 heavy (non-hydrogen) atoms. The maximum absolute atomic E-state index is 10.7. The molecule has 0 aromatic rings. The predicted molar refractivity (Wildman–Crippen MR) is 39.4 cm³/mol. The van der Waals surface area contributed by atoms with Crippen LogP contribution in [-0.2, 0) is 15.3 Å². The molecule has 0 saturated carbocycles. The fourth-order valence-corrected chi connectivity index (χ4v) is 1.12. The standard InChI is InChI=1S/C6H12O2S/c1-4-8-9(7)5-6(2)3/h2,4-5H2,1,3H3. The zero-order valence-corrected chi connectivity index (χ0v) is 6.66. The van der Waals surface area contributed by atoms with Gasteiger partial charge in [-0.05, 0) is 13.8 Å². The van der Waals surface area contributed by atoms with Gasteiger partial charge in [-0.1, -0.05) is 12.2 Å². The summed E-state index contributed by atoms with van der Waals surface area (Å²) in [6.07, 6.45) is 0. The Labute approximate surface area is 58.6 Å². The lowest BCUT2D eigenvalue weighted by Gasteiger charge is -1.97. The SMILES string of the molecule is C=C(C)CS(=O)OCC. The molecular weight excluding hydrogens is 136 g/mol. The first-order chi connectivity index (χ1) is 4.16. The van der Waals surface area contributed by atoms with Crippen LogP contribution in [0.4, 0.5) is 0 Å². The third-order valence-electron chi connectivity index (χ3n) is 0.614. The Morgan fingerprint density at radius 2 is 2.33 bits per heavy atom. The molecule has 1 atom stereocenters. The van der Waals surface area contributed by atoms with Crippen LogP contribution in [0, 0.1) is 0 Å². The summed E-state index contributed by atoms with van der Waals surface area (Å²) in [6.45, 7) is 7.75. The van der Waals surface area contributed by atoms with Crippen LogP contribution < -0.4 is 0 Å². The van der Waals surface area contributed by atoms with E-state index in [-0.39, 0.29) is 0 Å². The van der Waals surface area contributed by atoms with E-state index in [9.17, 15) is 4.21 Å². The molecule has 0 aliphatic rings. The first kappa shape index (κ1) is 8.85. The lowest BCUT2D eigenvalue weighted by Crippen LogP contribution is -2.01. The second-order valence-electron chi connectivity index (χ2n) is 1.81. The summed E-state index contributed by atoms with van der Waals surface area (Å²) in [5.74, 6) is 0.452. The van der Waals surface area contributed by atoms with Crippen molar-refractivity contribution in [2.75, 3.05) is 12.4 Å². The Hall–Kier alpha value is -0.150. The zero-order valence-electron chi connectivity index (χ0n) is 5.85. The van der Waals surface area contributed by atoms with Gasteiger partial charge in [0.05, 0.1) is 12.4 Å². The van der Waals surface area contributed by atoms with Crippen molar-refractivity contribution in [3.05, 3.63) is 12.2 Å². The van der Waals surface area contributed by atoms with Crippen molar-refractivity contribution in [1.82, 2.24) is 0 Å². The molecule has 0 amide bonds. The summed E-state index contributed by atoms with van der Waals surface area (Å²) in [5, 5.41) is 0. The van der Waals surface area contributed by atoms with Crippen molar-refractivity contribution in [2.45, 2.75) is 13.8 Å². The molecule has 0 heterocycles. The Morgan fingerprint density at radius 3 is 2.67 bits per heavy atom.